The van der Waals surface area contributed by atoms with Gasteiger partial charge < -0.3 is 9.32 Å². The average molecular weight is 320 g/mol. The molecule has 1 aromatic carbocycles. The first-order valence-electron chi connectivity index (χ1n) is 7.31. The number of thiocarbonyl (C=S) groups is 1. The molecule has 0 unspecified atom stereocenters. The minimum atomic E-state index is 0.754. The smallest absolute Gasteiger partial charge is 0.162 e. The minimum Gasteiger partial charge on any atom is -0.454 e. The van der Waals surface area contributed by atoms with E-state index in [1.807, 2.05) is 37.3 Å². The Morgan fingerprint density at radius 3 is 2.62 bits per heavy atom. The van der Waals surface area contributed by atoms with Gasteiger partial charge in [-0.15, -0.1) is 0 Å². The Balaban J connectivity index is 1.82. The predicted octanol–water partition coefficient (Wildman–Crippen LogP) is 5.07. The standard InChI is InChI=1S/C17H18ClNOS/c1-12-5-6-13(11-14(12)18)15-7-8-16(20-15)17(21)19-9-3-2-4-10-19/h5-8,11H,2-4,9-10H2,1H3. The van der Waals surface area contributed by atoms with Gasteiger partial charge in [0.25, 0.3) is 0 Å². The van der Waals surface area contributed by atoms with Crippen LogP contribution >= 0.6 is 23.8 Å². The van der Waals surface area contributed by atoms with Gasteiger partial charge in [-0.05, 0) is 49.9 Å². The quantitative estimate of drug-likeness (QED) is 0.719. The first kappa shape index (κ1) is 14.6. The third kappa shape index (κ3) is 3.14. The Bertz CT molecular complexity index is 659. The van der Waals surface area contributed by atoms with Crippen LogP contribution < -0.4 is 0 Å². The second kappa shape index (κ2) is 6.20. The highest BCUT2D eigenvalue weighted by molar-refractivity contribution is 7.80. The lowest BCUT2D eigenvalue weighted by Crippen LogP contribution is -2.34. The number of benzene rings is 1. The number of nitrogens with zero attached hydrogens (tertiary/aromatic N) is 1. The summed E-state index contributed by atoms with van der Waals surface area (Å²) in [5.74, 6) is 1.59. The predicted molar refractivity (Wildman–Crippen MR) is 91.0 cm³/mol. The van der Waals surface area contributed by atoms with Crippen molar-refractivity contribution < 1.29 is 4.42 Å². The SMILES string of the molecule is Cc1ccc(-c2ccc(C(=S)N3CCCCC3)o2)cc1Cl. The van der Waals surface area contributed by atoms with Crippen molar-refractivity contribution in [1.82, 2.24) is 4.90 Å². The van der Waals surface area contributed by atoms with Gasteiger partial charge in [0.1, 0.15) is 10.7 Å². The van der Waals surface area contributed by atoms with Crippen LogP contribution in [-0.4, -0.2) is 23.0 Å². The maximum absolute atomic E-state index is 6.18. The molecule has 1 aliphatic rings. The molecule has 0 amide bonds. The Kier molecular flexibility index (Phi) is 4.32. The summed E-state index contributed by atoms with van der Waals surface area (Å²) in [5.41, 5.74) is 2.05. The highest BCUT2D eigenvalue weighted by Crippen LogP contribution is 2.27. The van der Waals surface area contributed by atoms with E-state index in [2.05, 4.69) is 4.90 Å². The molecule has 2 aromatic rings. The van der Waals surface area contributed by atoms with Crippen molar-refractivity contribution >= 4 is 28.8 Å². The zero-order valence-electron chi connectivity index (χ0n) is 12.1. The van der Waals surface area contributed by atoms with Crippen LogP contribution in [0.4, 0.5) is 0 Å². The fourth-order valence-electron chi connectivity index (χ4n) is 2.61. The summed E-state index contributed by atoms with van der Waals surface area (Å²) in [6.07, 6.45) is 3.72. The Hall–Kier alpha value is -1.32. The zero-order chi connectivity index (χ0) is 14.8. The molecule has 110 valence electrons. The van der Waals surface area contributed by atoms with Crippen molar-refractivity contribution in [3.63, 3.8) is 0 Å². The molecule has 2 nitrogen and oxygen atoms in total. The highest BCUT2D eigenvalue weighted by Gasteiger charge is 2.18. The van der Waals surface area contributed by atoms with Crippen LogP contribution in [0.15, 0.2) is 34.7 Å². The van der Waals surface area contributed by atoms with Gasteiger partial charge in [0, 0.05) is 23.7 Å². The van der Waals surface area contributed by atoms with E-state index in [0.717, 1.165) is 45.7 Å². The summed E-state index contributed by atoms with van der Waals surface area (Å²) in [7, 11) is 0. The van der Waals surface area contributed by atoms with E-state index >= 15 is 0 Å². The van der Waals surface area contributed by atoms with E-state index in [0.29, 0.717) is 0 Å². The third-order valence-electron chi connectivity index (χ3n) is 3.92. The van der Waals surface area contributed by atoms with Crippen LogP contribution in [0, 0.1) is 6.92 Å². The van der Waals surface area contributed by atoms with Gasteiger partial charge in [0.05, 0.1) is 0 Å². The molecule has 0 N–H and O–H groups in total. The molecule has 0 saturated carbocycles. The second-order valence-electron chi connectivity index (χ2n) is 5.48. The number of piperidine rings is 1. The molecule has 0 spiro atoms. The van der Waals surface area contributed by atoms with Gasteiger partial charge in [-0.3, -0.25) is 0 Å². The van der Waals surface area contributed by atoms with Crippen LogP contribution in [0.2, 0.25) is 5.02 Å². The summed E-state index contributed by atoms with van der Waals surface area (Å²) in [4.78, 5) is 3.06. The van der Waals surface area contributed by atoms with Crippen LogP contribution in [-0.2, 0) is 0 Å². The fraction of sp³-hybridized carbons (Fsp3) is 0.353. The second-order valence-corrected chi connectivity index (χ2v) is 6.27. The molecule has 4 heteroatoms. The number of rotatable bonds is 2. The first-order valence-corrected chi connectivity index (χ1v) is 8.09. The Labute approximate surface area is 135 Å². The maximum atomic E-state index is 6.18. The molecule has 0 atom stereocenters. The van der Waals surface area contributed by atoms with Gasteiger partial charge in [0.2, 0.25) is 0 Å². The van der Waals surface area contributed by atoms with Crippen molar-refractivity contribution in [3.05, 3.63) is 46.7 Å². The van der Waals surface area contributed by atoms with Gasteiger partial charge in [0.15, 0.2) is 5.76 Å². The monoisotopic (exact) mass is 319 g/mol. The van der Waals surface area contributed by atoms with Crippen LogP contribution in [0.1, 0.15) is 30.6 Å². The van der Waals surface area contributed by atoms with Crippen molar-refractivity contribution in [2.75, 3.05) is 13.1 Å². The van der Waals surface area contributed by atoms with E-state index in [9.17, 15) is 0 Å². The topological polar surface area (TPSA) is 16.4 Å². The number of likely N-dealkylation sites (tertiary alicyclic amines) is 1. The molecule has 0 aliphatic carbocycles. The van der Waals surface area contributed by atoms with Gasteiger partial charge in [-0.25, -0.2) is 0 Å². The highest BCUT2D eigenvalue weighted by atomic mass is 35.5. The number of furan rings is 1. The van der Waals surface area contributed by atoms with Crippen molar-refractivity contribution in [2.45, 2.75) is 26.2 Å². The van der Waals surface area contributed by atoms with Crippen LogP contribution in [0.5, 0.6) is 0 Å². The minimum absolute atomic E-state index is 0.754. The molecule has 21 heavy (non-hydrogen) atoms. The average Bonchev–Trinajstić information content (AvgIpc) is 3.00. The molecule has 0 radical (unpaired) electrons. The van der Waals surface area contributed by atoms with E-state index in [4.69, 9.17) is 28.2 Å². The molecule has 1 saturated heterocycles. The summed E-state index contributed by atoms with van der Waals surface area (Å²) >= 11 is 11.7. The van der Waals surface area contributed by atoms with E-state index in [1.54, 1.807) is 0 Å². The van der Waals surface area contributed by atoms with Crippen molar-refractivity contribution in [1.29, 1.82) is 0 Å². The zero-order valence-corrected chi connectivity index (χ0v) is 13.6. The molecule has 1 fully saturated rings. The molecule has 3 rings (SSSR count). The lowest BCUT2D eigenvalue weighted by atomic mass is 10.1. The number of aryl methyl sites for hydroxylation is 1. The summed E-state index contributed by atoms with van der Waals surface area (Å²) in [6, 6.07) is 9.88. The Morgan fingerprint density at radius 1 is 1.14 bits per heavy atom. The normalized spacial score (nSPS) is 15.2. The molecular formula is C17H18ClNOS. The van der Waals surface area contributed by atoms with E-state index < -0.39 is 0 Å². The van der Waals surface area contributed by atoms with Crippen molar-refractivity contribution in [3.8, 4) is 11.3 Å². The number of hydrogen-bond donors (Lipinski definition) is 0. The lowest BCUT2D eigenvalue weighted by Gasteiger charge is -2.27. The lowest BCUT2D eigenvalue weighted by molar-refractivity contribution is 0.342. The summed E-state index contributed by atoms with van der Waals surface area (Å²) < 4.78 is 5.94. The molecule has 1 aromatic heterocycles. The first-order chi connectivity index (χ1) is 10.1. The summed E-state index contributed by atoms with van der Waals surface area (Å²) in [5, 5.41) is 0.754. The molecule has 0 bridgehead atoms. The molecular weight excluding hydrogens is 302 g/mol. The van der Waals surface area contributed by atoms with E-state index in [1.165, 1.54) is 19.3 Å². The van der Waals surface area contributed by atoms with Gasteiger partial charge >= 0.3 is 0 Å². The molecule has 2 heterocycles. The fourth-order valence-corrected chi connectivity index (χ4v) is 3.08. The number of hydrogen-bond acceptors (Lipinski definition) is 2. The summed E-state index contributed by atoms with van der Waals surface area (Å²) in [6.45, 7) is 4.06. The Morgan fingerprint density at radius 2 is 1.90 bits per heavy atom. The van der Waals surface area contributed by atoms with Gasteiger partial charge in [-0.1, -0.05) is 36.0 Å². The maximum Gasteiger partial charge on any atom is 0.162 e. The van der Waals surface area contributed by atoms with Crippen LogP contribution in [0.3, 0.4) is 0 Å². The number of halogens is 1. The van der Waals surface area contributed by atoms with E-state index in [-0.39, 0.29) is 0 Å². The third-order valence-corrected chi connectivity index (χ3v) is 4.78. The molecule has 1 aliphatic heterocycles. The van der Waals surface area contributed by atoms with Gasteiger partial charge in [-0.2, -0.15) is 0 Å². The largest absolute Gasteiger partial charge is 0.454 e. The van der Waals surface area contributed by atoms with Crippen LogP contribution in [0.25, 0.3) is 11.3 Å². The van der Waals surface area contributed by atoms with Crippen molar-refractivity contribution in [2.24, 2.45) is 0 Å².